The fourth-order valence-corrected chi connectivity index (χ4v) is 3.83. The summed E-state index contributed by atoms with van der Waals surface area (Å²) in [6.07, 6.45) is -7.00. The number of halogens is 6. The normalized spacial score (nSPS) is 27.0. The van der Waals surface area contributed by atoms with Crippen molar-refractivity contribution < 1.29 is 35.9 Å². The Balaban J connectivity index is 1.82. The first-order valence-electron chi connectivity index (χ1n) is 8.78. The Morgan fingerprint density at radius 1 is 1.11 bits per heavy atom. The fourth-order valence-electron chi connectivity index (χ4n) is 3.83. The van der Waals surface area contributed by atoms with Gasteiger partial charge in [0.2, 0.25) is 0 Å². The topological polar surface area (TPSA) is 32.8 Å². The summed E-state index contributed by atoms with van der Waals surface area (Å²) in [6, 6.07) is 0. The van der Waals surface area contributed by atoms with Crippen LogP contribution in [0.2, 0.25) is 0 Å². The molecule has 0 radical (unpaired) electrons. The number of rotatable bonds is 3. The van der Waals surface area contributed by atoms with E-state index in [0.29, 0.717) is 32.4 Å². The van der Waals surface area contributed by atoms with E-state index in [2.05, 4.69) is 0 Å². The first kappa shape index (κ1) is 20.0. The molecular weight excluding hydrogens is 378 g/mol. The standard InChI is InChI=1S/C17H20F6N2O2/c18-16(19,20)8-11-2-1-6-24(9-11)13-5-7-27-14-4-3-12(10-25(13)14)15(26)17(21,22)23/h9-10,13-14H,1-8H2. The minimum atomic E-state index is -4.95. The third-order valence-corrected chi connectivity index (χ3v) is 4.95. The van der Waals surface area contributed by atoms with Gasteiger partial charge in [-0.3, -0.25) is 4.79 Å². The predicted molar refractivity (Wildman–Crippen MR) is 83.1 cm³/mol. The number of alkyl halides is 6. The molecule has 0 N–H and O–H groups in total. The van der Waals surface area contributed by atoms with Gasteiger partial charge in [-0.1, -0.05) is 0 Å². The number of ketones is 1. The van der Waals surface area contributed by atoms with Gasteiger partial charge in [-0.25, -0.2) is 0 Å². The predicted octanol–water partition coefficient (Wildman–Crippen LogP) is 4.10. The molecule has 3 rings (SSSR count). The highest BCUT2D eigenvalue weighted by atomic mass is 19.4. The minimum absolute atomic E-state index is 0.0403. The lowest BCUT2D eigenvalue weighted by atomic mass is 9.98. The van der Waals surface area contributed by atoms with Crippen LogP contribution in [0.5, 0.6) is 0 Å². The molecule has 3 aliphatic heterocycles. The Kier molecular flexibility index (Phi) is 5.47. The molecule has 0 amide bonds. The summed E-state index contributed by atoms with van der Waals surface area (Å²) in [5.74, 6) is -1.88. The van der Waals surface area contributed by atoms with Crippen molar-refractivity contribution in [2.45, 2.75) is 63.3 Å². The molecule has 3 aliphatic rings. The van der Waals surface area contributed by atoms with E-state index in [4.69, 9.17) is 4.74 Å². The number of allylic oxidation sites excluding steroid dienone is 2. The lowest BCUT2D eigenvalue weighted by molar-refractivity contribution is -0.169. The van der Waals surface area contributed by atoms with Crippen molar-refractivity contribution in [2.75, 3.05) is 13.2 Å². The second kappa shape index (κ2) is 7.37. The highest BCUT2D eigenvalue weighted by Crippen LogP contribution is 2.35. The number of carbonyl (C=O) groups is 1. The van der Waals surface area contributed by atoms with Crippen LogP contribution in [-0.4, -0.2) is 53.5 Å². The first-order chi connectivity index (χ1) is 12.5. The van der Waals surface area contributed by atoms with E-state index in [1.54, 1.807) is 9.80 Å². The first-order valence-corrected chi connectivity index (χ1v) is 8.78. The van der Waals surface area contributed by atoms with Gasteiger partial charge >= 0.3 is 12.4 Å². The van der Waals surface area contributed by atoms with Crippen LogP contribution in [0.3, 0.4) is 0 Å². The van der Waals surface area contributed by atoms with Crippen LogP contribution in [0.4, 0.5) is 26.3 Å². The number of fused-ring (bicyclic) bond motifs is 1. The second-order valence-electron chi connectivity index (χ2n) is 6.98. The van der Waals surface area contributed by atoms with Gasteiger partial charge in [0.1, 0.15) is 12.4 Å². The fraction of sp³-hybridized carbons (Fsp3) is 0.706. The van der Waals surface area contributed by atoms with E-state index in [0.717, 1.165) is 0 Å². The molecule has 0 spiro atoms. The van der Waals surface area contributed by atoms with E-state index in [9.17, 15) is 31.1 Å². The minimum Gasteiger partial charge on any atom is -0.358 e. The molecule has 1 fully saturated rings. The van der Waals surface area contributed by atoms with Gasteiger partial charge in [-0.2, -0.15) is 26.3 Å². The van der Waals surface area contributed by atoms with Gasteiger partial charge in [-0.15, -0.1) is 0 Å². The summed E-state index contributed by atoms with van der Waals surface area (Å²) < 4.78 is 81.9. The Hall–Kier alpha value is -1.71. The van der Waals surface area contributed by atoms with Crippen molar-refractivity contribution in [3.63, 3.8) is 0 Å². The molecule has 3 heterocycles. The monoisotopic (exact) mass is 398 g/mol. The molecule has 0 aliphatic carbocycles. The lowest BCUT2D eigenvalue weighted by Crippen LogP contribution is -2.55. The van der Waals surface area contributed by atoms with Crippen LogP contribution in [0.15, 0.2) is 23.5 Å². The molecule has 0 aromatic heterocycles. The number of hydrogen-bond acceptors (Lipinski definition) is 4. The number of ether oxygens (including phenoxy) is 1. The second-order valence-corrected chi connectivity index (χ2v) is 6.98. The number of Topliss-reactive ketones (excluding diaryl/α,β-unsaturated/α-hetero) is 1. The lowest BCUT2D eigenvalue weighted by Gasteiger charge is -2.49. The van der Waals surface area contributed by atoms with Gasteiger partial charge in [0.05, 0.1) is 13.0 Å². The third kappa shape index (κ3) is 4.77. The SMILES string of the molecule is O=C(C1=CN2C(CC1)OCCC2N1C=C(CC(F)(F)F)CCC1)C(F)(F)F. The van der Waals surface area contributed by atoms with Gasteiger partial charge < -0.3 is 14.5 Å². The summed E-state index contributed by atoms with van der Waals surface area (Å²) in [7, 11) is 0. The molecule has 27 heavy (non-hydrogen) atoms. The van der Waals surface area contributed by atoms with E-state index in [1.807, 2.05) is 0 Å². The Morgan fingerprint density at radius 2 is 1.85 bits per heavy atom. The van der Waals surface area contributed by atoms with Crippen LogP contribution in [0, 0.1) is 0 Å². The molecule has 0 saturated carbocycles. The zero-order valence-corrected chi connectivity index (χ0v) is 14.4. The average Bonchev–Trinajstić information content (AvgIpc) is 2.58. The van der Waals surface area contributed by atoms with Gasteiger partial charge in [0.25, 0.3) is 5.78 Å². The van der Waals surface area contributed by atoms with Crippen LogP contribution >= 0.6 is 0 Å². The number of hydrogen-bond donors (Lipinski definition) is 0. The molecule has 4 nitrogen and oxygen atoms in total. The van der Waals surface area contributed by atoms with Crippen LogP contribution in [0.25, 0.3) is 0 Å². The third-order valence-electron chi connectivity index (χ3n) is 4.95. The molecule has 0 aromatic carbocycles. The zero-order chi connectivity index (χ0) is 19.8. The molecule has 1 saturated heterocycles. The maximum atomic E-state index is 12.8. The molecule has 10 heteroatoms. The molecule has 152 valence electrons. The van der Waals surface area contributed by atoms with Crippen LogP contribution < -0.4 is 0 Å². The smallest absolute Gasteiger partial charge is 0.358 e. The summed E-state index contributed by atoms with van der Waals surface area (Å²) in [5, 5.41) is 0. The summed E-state index contributed by atoms with van der Waals surface area (Å²) >= 11 is 0. The number of carbonyl (C=O) groups excluding carboxylic acids is 1. The van der Waals surface area contributed by atoms with E-state index < -0.39 is 37.0 Å². The Labute approximate surface area is 152 Å². The highest BCUT2D eigenvalue weighted by molar-refractivity contribution is 5.99. The zero-order valence-electron chi connectivity index (χ0n) is 14.4. The summed E-state index contributed by atoms with van der Waals surface area (Å²) in [6.45, 7) is 0.868. The Morgan fingerprint density at radius 3 is 2.52 bits per heavy atom. The Bertz CT molecular complexity index is 640. The maximum absolute atomic E-state index is 12.8. The molecule has 0 aromatic rings. The van der Waals surface area contributed by atoms with Crippen molar-refractivity contribution in [1.82, 2.24) is 9.80 Å². The van der Waals surface area contributed by atoms with E-state index in [-0.39, 0.29) is 24.0 Å². The molecule has 0 bridgehead atoms. The van der Waals surface area contributed by atoms with Crippen molar-refractivity contribution in [3.05, 3.63) is 23.5 Å². The summed E-state index contributed by atoms with van der Waals surface area (Å²) in [4.78, 5) is 14.9. The average molecular weight is 398 g/mol. The van der Waals surface area contributed by atoms with Gasteiger partial charge in [0.15, 0.2) is 0 Å². The maximum Gasteiger partial charge on any atom is 0.454 e. The largest absolute Gasteiger partial charge is 0.454 e. The van der Waals surface area contributed by atoms with Crippen molar-refractivity contribution in [3.8, 4) is 0 Å². The molecule has 2 atom stereocenters. The van der Waals surface area contributed by atoms with Crippen LogP contribution in [0.1, 0.15) is 38.5 Å². The van der Waals surface area contributed by atoms with Crippen molar-refractivity contribution in [1.29, 1.82) is 0 Å². The highest BCUT2D eigenvalue weighted by Gasteiger charge is 2.44. The van der Waals surface area contributed by atoms with Crippen molar-refractivity contribution >= 4 is 5.78 Å². The van der Waals surface area contributed by atoms with E-state index in [1.165, 1.54) is 12.4 Å². The van der Waals surface area contributed by atoms with E-state index >= 15 is 0 Å². The number of nitrogens with zero attached hydrogens (tertiary/aromatic N) is 2. The van der Waals surface area contributed by atoms with Crippen LogP contribution in [-0.2, 0) is 9.53 Å². The molecular formula is C17H20F6N2O2. The quantitative estimate of drug-likeness (QED) is 0.671. The van der Waals surface area contributed by atoms with Crippen molar-refractivity contribution in [2.24, 2.45) is 0 Å². The summed E-state index contributed by atoms with van der Waals surface area (Å²) in [5.41, 5.74) is -0.0878. The van der Waals surface area contributed by atoms with Gasteiger partial charge in [-0.05, 0) is 31.3 Å². The van der Waals surface area contributed by atoms with Gasteiger partial charge in [0, 0.05) is 30.9 Å². The molecule has 2 unspecified atom stereocenters.